The monoisotopic (exact) mass is 324 g/mol. The molecule has 0 aliphatic heterocycles. The molecule has 2 heterocycles. The lowest BCUT2D eigenvalue weighted by atomic mass is 10.3. The molecule has 0 aromatic carbocycles. The van der Waals surface area contributed by atoms with Crippen LogP contribution in [0, 0.1) is 0 Å². The number of carbonyl (C=O) groups excluding carboxylic acids is 1. The van der Waals surface area contributed by atoms with E-state index in [9.17, 15) is 9.59 Å². The van der Waals surface area contributed by atoms with E-state index in [4.69, 9.17) is 5.11 Å². The van der Waals surface area contributed by atoms with Gasteiger partial charge in [0.25, 0.3) is 5.91 Å². The van der Waals surface area contributed by atoms with Crippen molar-refractivity contribution in [1.29, 1.82) is 0 Å². The first-order valence-corrected chi connectivity index (χ1v) is 6.01. The van der Waals surface area contributed by atoms with Gasteiger partial charge in [0, 0.05) is 16.9 Å². The maximum atomic E-state index is 11.8. The van der Waals surface area contributed by atoms with E-state index in [-0.39, 0.29) is 12.1 Å². The number of carbonyl (C=O) groups is 2. The molecular weight excluding hydrogens is 316 g/mol. The zero-order valence-corrected chi connectivity index (χ0v) is 11.2. The van der Waals surface area contributed by atoms with Crippen LogP contribution in [0.15, 0.2) is 35.2 Å². The summed E-state index contributed by atoms with van der Waals surface area (Å²) in [5, 5.41) is 15.0. The second kappa shape index (κ2) is 5.61. The van der Waals surface area contributed by atoms with Gasteiger partial charge in [-0.3, -0.25) is 14.3 Å². The average Bonchev–Trinajstić information content (AvgIpc) is 2.80. The summed E-state index contributed by atoms with van der Waals surface area (Å²) in [6.45, 7) is -0.288. The lowest BCUT2D eigenvalue weighted by Gasteiger charge is -2.01. The topological polar surface area (TPSA) is 97.1 Å². The number of amides is 1. The summed E-state index contributed by atoms with van der Waals surface area (Å²) in [5.41, 5.74) is 0.269. The number of halogens is 1. The fourth-order valence-electron chi connectivity index (χ4n) is 1.34. The van der Waals surface area contributed by atoms with Crippen molar-refractivity contribution in [3.05, 3.63) is 40.8 Å². The molecule has 0 radical (unpaired) electrons. The second-order valence-electron chi connectivity index (χ2n) is 3.64. The Bertz CT molecular complexity index is 609. The van der Waals surface area contributed by atoms with Gasteiger partial charge in [-0.1, -0.05) is 0 Å². The van der Waals surface area contributed by atoms with Crippen molar-refractivity contribution in [2.24, 2.45) is 0 Å². The van der Waals surface area contributed by atoms with Gasteiger partial charge >= 0.3 is 5.97 Å². The molecule has 7 nitrogen and oxygen atoms in total. The van der Waals surface area contributed by atoms with Crippen molar-refractivity contribution in [3.63, 3.8) is 0 Å². The summed E-state index contributed by atoms with van der Waals surface area (Å²) in [7, 11) is 0. The SMILES string of the molecule is O=C(O)Cn1cc(C(=O)Nc2ccc(Br)cn2)cn1. The van der Waals surface area contributed by atoms with Crippen molar-refractivity contribution >= 4 is 33.6 Å². The van der Waals surface area contributed by atoms with Crippen LogP contribution in [0.3, 0.4) is 0 Å². The van der Waals surface area contributed by atoms with E-state index in [2.05, 4.69) is 31.3 Å². The number of hydrogen-bond acceptors (Lipinski definition) is 4. The summed E-state index contributed by atoms with van der Waals surface area (Å²) in [6, 6.07) is 3.39. The molecule has 1 amide bonds. The Morgan fingerprint density at radius 2 is 2.16 bits per heavy atom. The minimum absolute atomic E-state index is 0.269. The molecule has 2 aromatic heterocycles. The summed E-state index contributed by atoms with van der Waals surface area (Å²) >= 11 is 3.24. The molecule has 8 heteroatoms. The maximum absolute atomic E-state index is 11.8. The van der Waals surface area contributed by atoms with Gasteiger partial charge in [0.2, 0.25) is 0 Å². The van der Waals surface area contributed by atoms with Crippen LogP contribution in [-0.4, -0.2) is 31.7 Å². The number of hydrogen-bond donors (Lipinski definition) is 2. The minimum Gasteiger partial charge on any atom is -0.480 e. The van der Waals surface area contributed by atoms with E-state index in [1.165, 1.54) is 17.1 Å². The fraction of sp³-hybridized carbons (Fsp3) is 0.0909. The standard InChI is InChI=1S/C11H9BrN4O3/c12-8-1-2-9(13-4-8)15-11(19)7-3-14-16(5-7)6-10(17)18/h1-5H,6H2,(H,17,18)(H,13,15,19). The first-order valence-electron chi connectivity index (χ1n) is 5.22. The highest BCUT2D eigenvalue weighted by Gasteiger charge is 2.10. The summed E-state index contributed by atoms with van der Waals surface area (Å²) < 4.78 is 1.98. The number of pyridine rings is 1. The first-order chi connectivity index (χ1) is 9.04. The number of rotatable bonds is 4. The van der Waals surface area contributed by atoms with Gasteiger partial charge in [-0.25, -0.2) is 4.98 Å². The summed E-state index contributed by atoms with van der Waals surface area (Å²) in [6.07, 6.45) is 4.23. The Morgan fingerprint density at radius 1 is 1.37 bits per heavy atom. The number of nitrogens with one attached hydrogen (secondary N) is 1. The van der Waals surface area contributed by atoms with Crippen LogP contribution in [0.1, 0.15) is 10.4 Å². The quantitative estimate of drug-likeness (QED) is 0.885. The van der Waals surface area contributed by atoms with Crippen LogP contribution in [0.2, 0.25) is 0 Å². The van der Waals surface area contributed by atoms with E-state index in [1.807, 2.05) is 0 Å². The van der Waals surface area contributed by atoms with E-state index in [0.717, 1.165) is 4.47 Å². The van der Waals surface area contributed by atoms with Crippen LogP contribution in [0.5, 0.6) is 0 Å². The Hall–Kier alpha value is -2.22. The minimum atomic E-state index is -1.02. The van der Waals surface area contributed by atoms with E-state index >= 15 is 0 Å². The molecule has 0 unspecified atom stereocenters. The highest BCUT2D eigenvalue weighted by Crippen LogP contribution is 2.11. The number of carboxylic acid groups (broad SMARTS) is 1. The van der Waals surface area contributed by atoms with Gasteiger partial charge < -0.3 is 10.4 Å². The molecule has 98 valence electrons. The van der Waals surface area contributed by atoms with Gasteiger partial charge in [-0.15, -0.1) is 0 Å². The third-order valence-corrected chi connectivity index (χ3v) is 2.63. The van der Waals surface area contributed by atoms with E-state index < -0.39 is 11.9 Å². The number of nitrogens with zero attached hydrogens (tertiary/aromatic N) is 3. The fourth-order valence-corrected chi connectivity index (χ4v) is 1.58. The molecule has 0 saturated heterocycles. The van der Waals surface area contributed by atoms with Gasteiger partial charge in [-0.2, -0.15) is 5.10 Å². The third-order valence-electron chi connectivity index (χ3n) is 2.16. The second-order valence-corrected chi connectivity index (χ2v) is 4.55. The van der Waals surface area contributed by atoms with Crippen LogP contribution >= 0.6 is 15.9 Å². The molecule has 0 atom stereocenters. The van der Waals surface area contributed by atoms with Crippen molar-refractivity contribution < 1.29 is 14.7 Å². The highest BCUT2D eigenvalue weighted by molar-refractivity contribution is 9.10. The number of anilines is 1. The first kappa shape index (κ1) is 13.2. The van der Waals surface area contributed by atoms with Gasteiger partial charge in [0.05, 0.1) is 11.8 Å². The number of carboxylic acids is 1. The third kappa shape index (κ3) is 3.62. The molecule has 0 spiro atoms. The van der Waals surface area contributed by atoms with Crippen molar-refractivity contribution in [2.75, 3.05) is 5.32 Å². The number of aromatic nitrogens is 3. The number of aliphatic carboxylic acids is 1. The molecule has 0 aliphatic carbocycles. The van der Waals surface area contributed by atoms with Crippen LogP contribution in [-0.2, 0) is 11.3 Å². The van der Waals surface area contributed by atoms with Crippen molar-refractivity contribution in [2.45, 2.75) is 6.54 Å². The molecule has 0 saturated carbocycles. The molecule has 0 bridgehead atoms. The van der Waals surface area contributed by atoms with E-state index in [1.54, 1.807) is 18.3 Å². The molecule has 2 rings (SSSR count). The summed E-state index contributed by atoms with van der Waals surface area (Å²) in [4.78, 5) is 26.3. The van der Waals surface area contributed by atoms with Crippen molar-refractivity contribution in [1.82, 2.24) is 14.8 Å². The molecular formula is C11H9BrN4O3. The predicted octanol–water partition coefficient (Wildman–Crippen LogP) is 1.38. The zero-order chi connectivity index (χ0) is 13.8. The smallest absolute Gasteiger partial charge is 0.325 e. The van der Waals surface area contributed by atoms with Crippen molar-refractivity contribution in [3.8, 4) is 0 Å². The van der Waals surface area contributed by atoms with Crippen LogP contribution in [0.25, 0.3) is 0 Å². The Kier molecular flexibility index (Phi) is 3.91. The molecule has 0 aliphatic rings. The van der Waals surface area contributed by atoms with Gasteiger partial charge in [0.1, 0.15) is 12.4 Å². The zero-order valence-electron chi connectivity index (χ0n) is 9.58. The van der Waals surface area contributed by atoms with Crippen LogP contribution in [0.4, 0.5) is 5.82 Å². The Balaban J connectivity index is 2.05. The average molecular weight is 325 g/mol. The van der Waals surface area contributed by atoms with Gasteiger partial charge in [0.15, 0.2) is 0 Å². The largest absolute Gasteiger partial charge is 0.480 e. The summed E-state index contributed by atoms with van der Waals surface area (Å²) in [5.74, 6) is -1.02. The van der Waals surface area contributed by atoms with Gasteiger partial charge in [-0.05, 0) is 28.1 Å². The molecule has 0 fully saturated rings. The normalized spacial score (nSPS) is 10.2. The Labute approximate surface area is 116 Å². The lowest BCUT2D eigenvalue weighted by molar-refractivity contribution is -0.137. The Morgan fingerprint density at radius 3 is 2.79 bits per heavy atom. The predicted molar refractivity (Wildman–Crippen MR) is 69.8 cm³/mol. The van der Waals surface area contributed by atoms with Crippen LogP contribution < -0.4 is 5.32 Å². The molecule has 2 aromatic rings. The maximum Gasteiger partial charge on any atom is 0.325 e. The lowest BCUT2D eigenvalue weighted by Crippen LogP contribution is -2.12. The highest BCUT2D eigenvalue weighted by atomic mass is 79.9. The molecule has 2 N–H and O–H groups in total. The van der Waals surface area contributed by atoms with E-state index in [0.29, 0.717) is 5.82 Å². The molecule has 19 heavy (non-hydrogen) atoms.